The standard InChI is InChI=1S/C14H17NO3/c1-10(16)9-14(17)15-12-6-4-8-18-13-7-3-2-5-11(12)13/h2-3,5,7,12H,4,6,8-9H2,1H3,(H,15,17). The summed E-state index contributed by atoms with van der Waals surface area (Å²) in [6.45, 7) is 2.08. The molecule has 0 saturated heterocycles. The molecule has 0 radical (unpaired) electrons. The largest absolute Gasteiger partial charge is 0.493 e. The van der Waals surface area contributed by atoms with Crippen LogP contribution in [-0.4, -0.2) is 18.3 Å². The van der Waals surface area contributed by atoms with Crippen LogP contribution in [0, 0.1) is 0 Å². The van der Waals surface area contributed by atoms with Crippen LogP contribution in [0.4, 0.5) is 0 Å². The number of hydrogen-bond donors (Lipinski definition) is 1. The van der Waals surface area contributed by atoms with Crippen LogP contribution in [-0.2, 0) is 9.59 Å². The van der Waals surface area contributed by atoms with Crippen LogP contribution in [0.25, 0.3) is 0 Å². The Hall–Kier alpha value is -1.84. The average molecular weight is 247 g/mol. The maximum Gasteiger partial charge on any atom is 0.227 e. The minimum atomic E-state index is -0.218. The lowest BCUT2D eigenvalue weighted by Crippen LogP contribution is -2.29. The van der Waals surface area contributed by atoms with Crippen molar-refractivity contribution in [1.29, 1.82) is 0 Å². The van der Waals surface area contributed by atoms with E-state index in [4.69, 9.17) is 4.74 Å². The summed E-state index contributed by atoms with van der Waals surface area (Å²) in [5.41, 5.74) is 0.993. The third-order valence-corrected chi connectivity index (χ3v) is 2.93. The van der Waals surface area contributed by atoms with Crippen molar-refractivity contribution in [3.8, 4) is 5.75 Å². The normalized spacial score (nSPS) is 18.2. The summed E-state index contributed by atoms with van der Waals surface area (Å²) in [5, 5.41) is 2.91. The van der Waals surface area contributed by atoms with Crippen LogP contribution in [0.3, 0.4) is 0 Å². The Kier molecular flexibility index (Phi) is 3.97. The number of rotatable bonds is 3. The number of fused-ring (bicyclic) bond motifs is 1. The summed E-state index contributed by atoms with van der Waals surface area (Å²) in [6, 6.07) is 7.65. The van der Waals surface area contributed by atoms with Crippen molar-refractivity contribution in [2.24, 2.45) is 0 Å². The second-order valence-corrected chi connectivity index (χ2v) is 4.53. The minimum Gasteiger partial charge on any atom is -0.493 e. The lowest BCUT2D eigenvalue weighted by molar-refractivity contribution is -0.127. The molecule has 1 atom stereocenters. The van der Waals surface area contributed by atoms with Gasteiger partial charge in [0.25, 0.3) is 0 Å². The monoisotopic (exact) mass is 247 g/mol. The van der Waals surface area contributed by atoms with Gasteiger partial charge in [-0.05, 0) is 25.8 Å². The first-order valence-electron chi connectivity index (χ1n) is 6.17. The van der Waals surface area contributed by atoms with Crippen molar-refractivity contribution in [3.63, 3.8) is 0 Å². The fraction of sp³-hybridized carbons (Fsp3) is 0.429. The second kappa shape index (κ2) is 5.67. The molecule has 96 valence electrons. The molecule has 0 bridgehead atoms. The molecule has 0 saturated carbocycles. The molecule has 4 heteroatoms. The molecule has 1 aromatic rings. The van der Waals surface area contributed by atoms with E-state index in [1.54, 1.807) is 0 Å². The van der Waals surface area contributed by atoms with Gasteiger partial charge in [0.1, 0.15) is 11.5 Å². The maximum atomic E-state index is 11.7. The smallest absolute Gasteiger partial charge is 0.227 e. The van der Waals surface area contributed by atoms with E-state index in [-0.39, 0.29) is 24.2 Å². The fourth-order valence-electron chi connectivity index (χ4n) is 2.15. The molecular formula is C14H17NO3. The van der Waals surface area contributed by atoms with Gasteiger partial charge in [-0.3, -0.25) is 9.59 Å². The van der Waals surface area contributed by atoms with E-state index in [0.717, 1.165) is 24.2 Å². The van der Waals surface area contributed by atoms with Crippen molar-refractivity contribution in [1.82, 2.24) is 5.32 Å². The summed E-state index contributed by atoms with van der Waals surface area (Å²) in [4.78, 5) is 22.6. The van der Waals surface area contributed by atoms with Crippen LogP contribution in [0.2, 0.25) is 0 Å². The molecule has 1 unspecified atom stereocenters. The number of ketones is 1. The van der Waals surface area contributed by atoms with Crippen molar-refractivity contribution >= 4 is 11.7 Å². The Balaban J connectivity index is 2.13. The molecule has 1 amide bonds. The summed E-state index contributed by atoms with van der Waals surface area (Å²) in [7, 11) is 0. The average Bonchev–Trinajstić information content (AvgIpc) is 2.51. The van der Waals surface area contributed by atoms with E-state index in [1.807, 2.05) is 24.3 Å². The predicted octanol–water partition coefficient (Wildman–Crippen LogP) is 2.00. The molecule has 1 aliphatic rings. The number of para-hydroxylation sites is 1. The van der Waals surface area contributed by atoms with Gasteiger partial charge in [0.15, 0.2) is 0 Å². The molecule has 4 nitrogen and oxygen atoms in total. The third kappa shape index (κ3) is 3.09. The van der Waals surface area contributed by atoms with Crippen molar-refractivity contribution in [2.45, 2.75) is 32.2 Å². The van der Waals surface area contributed by atoms with E-state index in [9.17, 15) is 9.59 Å². The lowest BCUT2D eigenvalue weighted by Gasteiger charge is -2.17. The fourth-order valence-corrected chi connectivity index (χ4v) is 2.15. The highest BCUT2D eigenvalue weighted by atomic mass is 16.5. The number of hydrogen-bond acceptors (Lipinski definition) is 3. The molecule has 0 aromatic heterocycles. The summed E-state index contributed by atoms with van der Waals surface area (Å²) in [5.74, 6) is 0.484. The van der Waals surface area contributed by atoms with Gasteiger partial charge in [-0.1, -0.05) is 18.2 Å². The van der Waals surface area contributed by atoms with Crippen molar-refractivity contribution < 1.29 is 14.3 Å². The van der Waals surface area contributed by atoms with Gasteiger partial charge < -0.3 is 10.1 Å². The predicted molar refractivity (Wildman–Crippen MR) is 67.4 cm³/mol. The van der Waals surface area contributed by atoms with E-state index < -0.39 is 0 Å². The molecular weight excluding hydrogens is 230 g/mol. The number of ether oxygens (including phenoxy) is 1. The lowest BCUT2D eigenvalue weighted by atomic mass is 10.0. The van der Waals surface area contributed by atoms with Gasteiger partial charge in [0, 0.05) is 5.56 Å². The van der Waals surface area contributed by atoms with Crippen LogP contribution < -0.4 is 10.1 Å². The highest BCUT2D eigenvalue weighted by molar-refractivity contribution is 5.96. The van der Waals surface area contributed by atoms with Gasteiger partial charge in [0.05, 0.1) is 19.1 Å². The Bertz CT molecular complexity index is 456. The molecule has 18 heavy (non-hydrogen) atoms. The number of Topliss-reactive ketones (excluding diaryl/α,β-unsaturated/α-hetero) is 1. The molecule has 0 spiro atoms. The van der Waals surface area contributed by atoms with E-state index in [0.29, 0.717) is 6.61 Å². The van der Waals surface area contributed by atoms with E-state index >= 15 is 0 Å². The molecule has 1 N–H and O–H groups in total. The summed E-state index contributed by atoms with van der Waals surface area (Å²) >= 11 is 0. The Morgan fingerprint density at radius 2 is 2.17 bits per heavy atom. The number of benzene rings is 1. The molecule has 1 aromatic carbocycles. The zero-order valence-electron chi connectivity index (χ0n) is 10.4. The summed E-state index contributed by atoms with van der Waals surface area (Å²) < 4.78 is 5.62. The Morgan fingerprint density at radius 1 is 1.39 bits per heavy atom. The minimum absolute atomic E-state index is 0.0560. The molecule has 2 rings (SSSR count). The highest BCUT2D eigenvalue weighted by Gasteiger charge is 2.21. The molecule has 1 heterocycles. The number of amides is 1. The van der Waals surface area contributed by atoms with Gasteiger partial charge in [-0.15, -0.1) is 0 Å². The van der Waals surface area contributed by atoms with E-state index in [1.165, 1.54) is 6.92 Å². The van der Waals surface area contributed by atoms with Crippen LogP contribution in [0.15, 0.2) is 24.3 Å². The SMILES string of the molecule is CC(=O)CC(=O)NC1CCCOc2ccccc21. The van der Waals surface area contributed by atoms with Crippen LogP contribution >= 0.6 is 0 Å². The van der Waals surface area contributed by atoms with Crippen molar-refractivity contribution in [2.75, 3.05) is 6.61 Å². The van der Waals surface area contributed by atoms with Gasteiger partial charge in [0.2, 0.25) is 5.91 Å². The highest BCUT2D eigenvalue weighted by Crippen LogP contribution is 2.31. The van der Waals surface area contributed by atoms with E-state index in [2.05, 4.69) is 5.32 Å². The number of nitrogens with one attached hydrogen (secondary N) is 1. The van der Waals surface area contributed by atoms with Gasteiger partial charge in [-0.2, -0.15) is 0 Å². The maximum absolute atomic E-state index is 11.7. The topological polar surface area (TPSA) is 55.4 Å². The Morgan fingerprint density at radius 3 is 2.94 bits per heavy atom. The first-order valence-corrected chi connectivity index (χ1v) is 6.17. The van der Waals surface area contributed by atoms with Gasteiger partial charge in [-0.25, -0.2) is 0 Å². The second-order valence-electron chi connectivity index (χ2n) is 4.53. The number of carbonyl (C=O) groups excluding carboxylic acids is 2. The van der Waals surface area contributed by atoms with Crippen LogP contribution in [0.1, 0.15) is 37.8 Å². The zero-order chi connectivity index (χ0) is 13.0. The summed E-state index contributed by atoms with van der Waals surface area (Å²) in [6.07, 6.45) is 1.67. The number of carbonyl (C=O) groups is 2. The molecule has 1 aliphatic heterocycles. The molecule has 0 fully saturated rings. The van der Waals surface area contributed by atoms with Crippen LogP contribution in [0.5, 0.6) is 5.75 Å². The first-order chi connectivity index (χ1) is 8.66. The quantitative estimate of drug-likeness (QED) is 0.831. The Labute approximate surface area is 106 Å². The molecule has 0 aliphatic carbocycles. The first kappa shape index (κ1) is 12.6. The van der Waals surface area contributed by atoms with Crippen molar-refractivity contribution in [3.05, 3.63) is 29.8 Å². The van der Waals surface area contributed by atoms with Gasteiger partial charge >= 0.3 is 0 Å². The third-order valence-electron chi connectivity index (χ3n) is 2.93. The zero-order valence-corrected chi connectivity index (χ0v) is 10.4.